The van der Waals surface area contributed by atoms with Crippen molar-refractivity contribution >= 4 is 17.5 Å². The van der Waals surface area contributed by atoms with E-state index in [1.165, 1.54) is 0 Å². The smallest absolute Gasteiger partial charge is 0.225 e. The number of amides is 2. The number of aryl methyl sites for hydroxylation is 2. The van der Waals surface area contributed by atoms with Crippen molar-refractivity contribution in [1.29, 1.82) is 0 Å². The minimum absolute atomic E-state index is 0.00837. The molecule has 2 aromatic heterocycles. The maximum atomic E-state index is 12.6. The van der Waals surface area contributed by atoms with Crippen LogP contribution in [0.5, 0.6) is 0 Å². The molecule has 2 aliphatic rings. The molecule has 0 radical (unpaired) electrons. The summed E-state index contributed by atoms with van der Waals surface area (Å²) in [5, 5.41) is 4.85. The van der Waals surface area contributed by atoms with E-state index in [1.54, 1.807) is 7.11 Å². The van der Waals surface area contributed by atoms with Crippen LogP contribution >= 0.6 is 0 Å². The van der Waals surface area contributed by atoms with Gasteiger partial charge in [0.2, 0.25) is 11.8 Å². The van der Waals surface area contributed by atoms with Gasteiger partial charge in [0.1, 0.15) is 0 Å². The van der Waals surface area contributed by atoms with Crippen molar-refractivity contribution in [2.45, 2.75) is 64.8 Å². The van der Waals surface area contributed by atoms with Crippen molar-refractivity contribution in [2.75, 3.05) is 33.4 Å². The Kier molecular flexibility index (Phi) is 6.55. The number of fused-ring (bicyclic) bond motifs is 1. The van der Waals surface area contributed by atoms with Crippen LogP contribution in [0.4, 0.5) is 0 Å². The second-order valence-electron chi connectivity index (χ2n) is 8.68. The van der Waals surface area contributed by atoms with E-state index >= 15 is 0 Å². The summed E-state index contributed by atoms with van der Waals surface area (Å²) in [7, 11) is 1.62. The van der Waals surface area contributed by atoms with Gasteiger partial charge in [-0.3, -0.25) is 9.59 Å². The Morgan fingerprint density at radius 3 is 2.61 bits per heavy atom. The van der Waals surface area contributed by atoms with Crippen LogP contribution in [0, 0.1) is 13.8 Å². The number of likely N-dealkylation sites (tertiary alicyclic amines) is 2. The second-order valence-corrected chi connectivity index (χ2v) is 8.68. The highest BCUT2D eigenvalue weighted by atomic mass is 16.5. The number of rotatable bonds is 7. The van der Waals surface area contributed by atoms with Gasteiger partial charge >= 0.3 is 0 Å². The first kappa shape index (κ1) is 21.7. The van der Waals surface area contributed by atoms with E-state index in [2.05, 4.69) is 0 Å². The van der Waals surface area contributed by atoms with Crippen molar-refractivity contribution in [3.63, 3.8) is 0 Å². The molecule has 2 saturated heterocycles. The molecular weight excluding hydrogens is 394 g/mol. The van der Waals surface area contributed by atoms with Gasteiger partial charge in [-0.05, 0) is 51.5 Å². The van der Waals surface area contributed by atoms with Gasteiger partial charge in [-0.25, -0.2) is 9.50 Å². The first-order valence-electron chi connectivity index (χ1n) is 11.4. The molecule has 0 bridgehead atoms. The predicted octanol–water partition coefficient (Wildman–Crippen LogP) is 2.60. The van der Waals surface area contributed by atoms with Crippen LogP contribution in [0.1, 0.15) is 67.2 Å². The Bertz CT molecular complexity index is 964. The van der Waals surface area contributed by atoms with Gasteiger partial charge in [0.05, 0.1) is 24.8 Å². The Morgan fingerprint density at radius 2 is 1.87 bits per heavy atom. The average molecular weight is 428 g/mol. The molecule has 1 atom stereocenters. The summed E-state index contributed by atoms with van der Waals surface area (Å²) in [6.07, 6.45) is 5.69. The highest BCUT2D eigenvalue weighted by Crippen LogP contribution is 2.32. The molecule has 168 valence electrons. The first-order chi connectivity index (χ1) is 15.0. The third kappa shape index (κ3) is 4.44. The van der Waals surface area contributed by atoms with E-state index in [-0.39, 0.29) is 17.9 Å². The summed E-state index contributed by atoms with van der Waals surface area (Å²) in [6, 6.07) is 2.00. The Labute approximate surface area is 183 Å². The van der Waals surface area contributed by atoms with Gasteiger partial charge in [-0.2, -0.15) is 5.10 Å². The largest absolute Gasteiger partial charge is 0.384 e. The zero-order valence-electron chi connectivity index (χ0n) is 18.9. The normalized spacial score (nSPS) is 19.0. The summed E-state index contributed by atoms with van der Waals surface area (Å²) in [5.74, 6) is 0.345. The van der Waals surface area contributed by atoms with Crippen LogP contribution in [-0.4, -0.2) is 69.6 Å². The van der Waals surface area contributed by atoms with Crippen molar-refractivity contribution in [1.82, 2.24) is 24.4 Å². The monoisotopic (exact) mass is 427 g/mol. The molecule has 2 amide bonds. The molecular formula is C23H33N5O3. The van der Waals surface area contributed by atoms with Crippen molar-refractivity contribution < 1.29 is 14.3 Å². The third-order valence-corrected chi connectivity index (χ3v) is 6.67. The third-order valence-electron chi connectivity index (χ3n) is 6.67. The lowest BCUT2D eigenvalue weighted by atomic mass is 10.1. The number of hydrogen-bond acceptors (Lipinski definition) is 5. The van der Waals surface area contributed by atoms with Crippen LogP contribution in [-0.2, 0) is 20.7 Å². The van der Waals surface area contributed by atoms with E-state index in [0.29, 0.717) is 25.9 Å². The molecule has 0 N–H and O–H groups in total. The molecule has 0 aliphatic carbocycles. The second kappa shape index (κ2) is 9.34. The van der Waals surface area contributed by atoms with Crippen LogP contribution in [0.3, 0.4) is 0 Å². The SMILES string of the molecule is COCCC(=O)N1CCCC1c1cc2nc(C)c(CCC(=O)N3CCCC3)c(C)n2n1. The number of hydrogen-bond donors (Lipinski definition) is 0. The average Bonchev–Trinajstić information content (AvgIpc) is 3.51. The Balaban J connectivity index is 1.54. The minimum Gasteiger partial charge on any atom is -0.384 e. The molecule has 1 unspecified atom stereocenters. The Hall–Kier alpha value is -2.48. The molecule has 2 aliphatic heterocycles. The topological polar surface area (TPSA) is 80.0 Å². The summed E-state index contributed by atoms with van der Waals surface area (Å²) >= 11 is 0. The zero-order chi connectivity index (χ0) is 22.0. The fourth-order valence-electron chi connectivity index (χ4n) is 4.93. The molecule has 2 aromatic rings. The van der Waals surface area contributed by atoms with Gasteiger partial charge in [0, 0.05) is 50.6 Å². The summed E-state index contributed by atoms with van der Waals surface area (Å²) < 4.78 is 6.95. The van der Waals surface area contributed by atoms with Crippen LogP contribution in [0.15, 0.2) is 6.07 Å². The lowest BCUT2D eigenvalue weighted by molar-refractivity contribution is -0.133. The van der Waals surface area contributed by atoms with E-state index in [1.807, 2.05) is 34.2 Å². The quantitative estimate of drug-likeness (QED) is 0.679. The molecule has 31 heavy (non-hydrogen) atoms. The number of ether oxygens (including phenoxy) is 1. The molecule has 8 nitrogen and oxygen atoms in total. The first-order valence-corrected chi connectivity index (χ1v) is 11.4. The van der Waals surface area contributed by atoms with E-state index in [4.69, 9.17) is 14.8 Å². The number of nitrogens with zero attached hydrogens (tertiary/aromatic N) is 5. The van der Waals surface area contributed by atoms with Crippen LogP contribution in [0.2, 0.25) is 0 Å². The highest BCUT2D eigenvalue weighted by Gasteiger charge is 2.32. The number of carbonyl (C=O) groups is 2. The van der Waals surface area contributed by atoms with Crippen molar-refractivity contribution in [2.24, 2.45) is 0 Å². The maximum Gasteiger partial charge on any atom is 0.225 e. The van der Waals surface area contributed by atoms with Gasteiger partial charge < -0.3 is 14.5 Å². The summed E-state index contributed by atoms with van der Waals surface area (Å²) in [5.41, 5.74) is 4.76. The number of carbonyl (C=O) groups excluding carboxylic acids is 2. The molecule has 0 aromatic carbocycles. The Morgan fingerprint density at radius 1 is 1.10 bits per heavy atom. The zero-order valence-corrected chi connectivity index (χ0v) is 18.9. The van der Waals surface area contributed by atoms with Gasteiger partial charge in [0.25, 0.3) is 0 Å². The van der Waals surface area contributed by atoms with Crippen LogP contribution in [0.25, 0.3) is 5.65 Å². The standard InChI is InChI=1S/C23H33N5O3/c1-16-18(8-9-22(29)26-11-4-5-12-26)17(2)28-21(24-16)15-19(25-28)20-7-6-13-27(20)23(30)10-14-31-3/h15,20H,4-14H2,1-3H3. The number of aromatic nitrogens is 3. The van der Waals surface area contributed by atoms with E-state index < -0.39 is 0 Å². The highest BCUT2D eigenvalue weighted by molar-refractivity contribution is 5.77. The predicted molar refractivity (Wildman–Crippen MR) is 117 cm³/mol. The molecule has 0 saturated carbocycles. The molecule has 0 spiro atoms. The lowest BCUT2D eigenvalue weighted by Gasteiger charge is -2.23. The van der Waals surface area contributed by atoms with Gasteiger partial charge in [-0.1, -0.05) is 0 Å². The summed E-state index contributed by atoms with van der Waals surface area (Å²) in [6.45, 7) is 7.02. The van der Waals surface area contributed by atoms with Crippen molar-refractivity contribution in [3.05, 3.63) is 28.7 Å². The van der Waals surface area contributed by atoms with Crippen LogP contribution < -0.4 is 0 Å². The number of methoxy groups -OCH3 is 1. The lowest BCUT2D eigenvalue weighted by Crippen LogP contribution is -2.31. The summed E-state index contributed by atoms with van der Waals surface area (Å²) in [4.78, 5) is 33.8. The van der Waals surface area contributed by atoms with E-state index in [9.17, 15) is 9.59 Å². The van der Waals surface area contributed by atoms with Crippen molar-refractivity contribution in [3.8, 4) is 0 Å². The minimum atomic E-state index is -0.00837. The van der Waals surface area contributed by atoms with E-state index in [0.717, 1.165) is 73.6 Å². The fraction of sp³-hybridized carbons (Fsp3) is 0.652. The molecule has 8 heteroatoms. The molecule has 2 fully saturated rings. The van der Waals surface area contributed by atoms with Gasteiger partial charge in [-0.15, -0.1) is 0 Å². The molecule has 4 heterocycles. The van der Waals surface area contributed by atoms with Gasteiger partial charge in [0.15, 0.2) is 5.65 Å². The maximum absolute atomic E-state index is 12.6. The molecule has 4 rings (SSSR count). The fourth-order valence-corrected chi connectivity index (χ4v) is 4.93.